The van der Waals surface area contributed by atoms with Crippen molar-refractivity contribution in [3.05, 3.63) is 65.9 Å². The fraction of sp³-hybridized carbons (Fsp3) is 0.360. The number of amides is 2. The summed E-state index contributed by atoms with van der Waals surface area (Å²) in [6.45, 7) is 3.77. The van der Waals surface area contributed by atoms with Gasteiger partial charge in [0, 0.05) is 42.0 Å². The Morgan fingerprint density at radius 2 is 1.84 bits per heavy atom. The van der Waals surface area contributed by atoms with Crippen molar-refractivity contribution in [1.29, 1.82) is 0 Å². The van der Waals surface area contributed by atoms with Crippen molar-refractivity contribution in [2.45, 2.75) is 26.3 Å². The van der Waals surface area contributed by atoms with Gasteiger partial charge in [-0.1, -0.05) is 43.3 Å². The number of likely N-dealkylation sites (tertiary alicyclic amines) is 1. The van der Waals surface area contributed by atoms with E-state index < -0.39 is 0 Å². The predicted octanol–water partition coefficient (Wildman–Crippen LogP) is 3.98. The molecular weight excluding hydrogens is 390 g/mol. The number of methoxy groups -OCH3 is 1. The minimum atomic E-state index is -0.0972. The lowest BCUT2D eigenvalue weighted by atomic mass is 9.84. The van der Waals surface area contributed by atoms with Crippen LogP contribution in [-0.2, 0) is 11.3 Å². The van der Waals surface area contributed by atoms with Crippen LogP contribution in [0.5, 0.6) is 5.75 Å². The molecule has 0 spiro atoms. The molecule has 2 amide bonds. The van der Waals surface area contributed by atoms with Gasteiger partial charge in [-0.15, -0.1) is 0 Å². The highest BCUT2D eigenvalue weighted by atomic mass is 16.5. The monoisotopic (exact) mass is 419 g/mol. The molecule has 2 N–H and O–H groups in total. The van der Waals surface area contributed by atoms with Crippen molar-refractivity contribution in [3.63, 3.8) is 0 Å². The molecule has 1 aliphatic heterocycles. The van der Waals surface area contributed by atoms with Crippen LogP contribution in [0.25, 0.3) is 10.9 Å². The average molecular weight is 420 g/mol. The lowest BCUT2D eigenvalue weighted by molar-refractivity contribution is -0.126. The lowest BCUT2D eigenvalue weighted by Gasteiger charge is -2.34. The summed E-state index contributed by atoms with van der Waals surface area (Å²) in [5.74, 6) is 1.03. The standard InChI is InChI=1S/C25H29N3O3/c1-17(24(29)26-16-20-8-4-6-10-23(20)31-2)18-11-13-28(14-12-18)25(30)22-15-19-7-3-5-9-21(19)27-22/h3-10,15,17-18,27H,11-14,16H2,1-2H3,(H,26,29). The first-order valence-electron chi connectivity index (χ1n) is 10.8. The van der Waals surface area contributed by atoms with Crippen molar-refractivity contribution in [2.24, 2.45) is 11.8 Å². The van der Waals surface area contributed by atoms with Crippen LogP contribution < -0.4 is 10.1 Å². The Labute approximate surface area is 182 Å². The summed E-state index contributed by atoms with van der Waals surface area (Å²) < 4.78 is 5.35. The SMILES string of the molecule is COc1ccccc1CNC(=O)C(C)C1CCN(C(=O)c2cc3ccccc3[nH]2)CC1. The first-order chi connectivity index (χ1) is 15.1. The Kier molecular flexibility index (Phi) is 6.26. The van der Waals surface area contributed by atoms with Gasteiger partial charge in [0.15, 0.2) is 0 Å². The first-order valence-corrected chi connectivity index (χ1v) is 10.8. The van der Waals surface area contributed by atoms with E-state index in [1.54, 1.807) is 7.11 Å². The van der Waals surface area contributed by atoms with Gasteiger partial charge in [-0.05, 0) is 37.0 Å². The van der Waals surface area contributed by atoms with Crippen LogP contribution in [0.15, 0.2) is 54.6 Å². The molecule has 1 unspecified atom stereocenters. The summed E-state index contributed by atoms with van der Waals surface area (Å²) in [6.07, 6.45) is 1.66. The van der Waals surface area contributed by atoms with Crippen LogP contribution in [-0.4, -0.2) is 41.9 Å². The Morgan fingerprint density at radius 3 is 2.58 bits per heavy atom. The third-order valence-corrected chi connectivity index (χ3v) is 6.35. The number of para-hydroxylation sites is 2. The summed E-state index contributed by atoms with van der Waals surface area (Å²) in [5.41, 5.74) is 2.56. The number of aromatic nitrogens is 1. The number of piperidine rings is 1. The highest BCUT2D eigenvalue weighted by molar-refractivity contribution is 5.98. The van der Waals surface area contributed by atoms with E-state index in [4.69, 9.17) is 4.74 Å². The molecule has 0 aliphatic carbocycles. The molecule has 1 atom stereocenters. The van der Waals surface area contributed by atoms with E-state index in [0.717, 1.165) is 35.1 Å². The van der Waals surface area contributed by atoms with Gasteiger partial charge in [0.05, 0.1) is 7.11 Å². The number of H-pyrrole nitrogens is 1. The van der Waals surface area contributed by atoms with Gasteiger partial charge >= 0.3 is 0 Å². The number of rotatable bonds is 6. The number of ether oxygens (including phenoxy) is 1. The maximum Gasteiger partial charge on any atom is 0.270 e. The summed E-state index contributed by atoms with van der Waals surface area (Å²) >= 11 is 0. The van der Waals surface area contributed by atoms with Gasteiger partial charge in [-0.2, -0.15) is 0 Å². The van der Waals surface area contributed by atoms with E-state index in [9.17, 15) is 9.59 Å². The third-order valence-electron chi connectivity index (χ3n) is 6.35. The molecule has 4 rings (SSSR count). The fourth-order valence-electron chi connectivity index (χ4n) is 4.37. The van der Waals surface area contributed by atoms with E-state index in [0.29, 0.717) is 25.3 Å². The summed E-state index contributed by atoms with van der Waals surface area (Å²) in [7, 11) is 1.63. The van der Waals surface area contributed by atoms with Gasteiger partial charge in [-0.3, -0.25) is 9.59 Å². The topological polar surface area (TPSA) is 74.4 Å². The molecule has 0 saturated carbocycles. The van der Waals surface area contributed by atoms with Crippen molar-refractivity contribution in [2.75, 3.05) is 20.2 Å². The maximum absolute atomic E-state index is 12.9. The molecule has 2 heterocycles. The molecule has 162 valence electrons. The molecule has 31 heavy (non-hydrogen) atoms. The minimum absolute atomic E-state index is 0.0305. The number of nitrogens with zero attached hydrogens (tertiary/aromatic N) is 1. The Morgan fingerprint density at radius 1 is 1.13 bits per heavy atom. The molecule has 1 aliphatic rings. The molecule has 6 heteroatoms. The summed E-state index contributed by atoms with van der Waals surface area (Å²) in [6, 6.07) is 17.5. The molecule has 6 nitrogen and oxygen atoms in total. The molecule has 1 aromatic heterocycles. The van der Waals surface area contributed by atoms with Crippen molar-refractivity contribution in [1.82, 2.24) is 15.2 Å². The molecule has 3 aromatic rings. The van der Waals surface area contributed by atoms with E-state index in [1.807, 2.05) is 66.4 Å². The van der Waals surface area contributed by atoms with Crippen LogP contribution in [0, 0.1) is 11.8 Å². The first kappa shape index (κ1) is 21.0. The fourth-order valence-corrected chi connectivity index (χ4v) is 4.37. The zero-order valence-electron chi connectivity index (χ0n) is 18.1. The van der Waals surface area contributed by atoms with Crippen LogP contribution in [0.3, 0.4) is 0 Å². The van der Waals surface area contributed by atoms with Crippen LogP contribution in [0.1, 0.15) is 35.8 Å². The van der Waals surface area contributed by atoms with Crippen LogP contribution in [0.4, 0.5) is 0 Å². The lowest BCUT2D eigenvalue weighted by Crippen LogP contribution is -2.42. The Hall–Kier alpha value is -3.28. The molecule has 0 bridgehead atoms. The highest BCUT2D eigenvalue weighted by Gasteiger charge is 2.30. The second kappa shape index (κ2) is 9.25. The summed E-state index contributed by atoms with van der Waals surface area (Å²) in [4.78, 5) is 30.7. The molecule has 2 aromatic carbocycles. The van der Waals surface area contributed by atoms with E-state index in [-0.39, 0.29) is 23.7 Å². The second-order valence-corrected chi connectivity index (χ2v) is 8.22. The molecule has 1 fully saturated rings. The van der Waals surface area contributed by atoms with Gasteiger partial charge < -0.3 is 19.9 Å². The molecular formula is C25H29N3O3. The number of aromatic amines is 1. The van der Waals surface area contributed by atoms with Crippen molar-refractivity contribution >= 4 is 22.7 Å². The van der Waals surface area contributed by atoms with Crippen molar-refractivity contribution in [3.8, 4) is 5.75 Å². The predicted molar refractivity (Wildman–Crippen MR) is 121 cm³/mol. The zero-order valence-corrected chi connectivity index (χ0v) is 18.1. The largest absolute Gasteiger partial charge is 0.496 e. The van der Waals surface area contributed by atoms with Crippen LogP contribution in [0.2, 0.25) is 0 Å². The Balaban J connectivity index is 1.30. The Bertz CT molecular complexity index is 1030. The smallest absolute Gasteiger partial charge is 0.270 e. The van der Waals surface area contributed by atoms with Gasteiger partial charge in [-0.25, -0.2) is 0 Å². The van der Waals surface area contributed by atoms with E-state index in [2.05, 4.69) is 10.3 Å². The number of benzene rings is 2. The normalized spacial score (nSPS) is 15.6. The highest BCUT2D eigenvalue weighted by Crippen LogP contribution is 2.27. The van der Waals surface area contributed by atoms with Crippen LogP contribution >= 0.6 is 0 Å². The minimum Gasteiger partial charge on any atom is -0.496 e. The zero-order chi connectivity index (χ0) is 21.8. The van der Waals surface area contributed by atoms with E-state index >= 15 is 0 Å². The number of carbonyl (C=O) groups excluding carboxylic acids is 2. The number of nitrogens with one attached hydrogen (secondary N) is 2. The maximum atomic E-state index is 12.9. The van der Waals surface area contributed by atoms with Crippen molar-refractivity contribution < 1.29 is 14.3 Å². The quantitative estimate of drug-likeness (QED) is 0.635. The number of fused-ring (bicyclic) bond motifs is 1. The third kappa shape index (κ3) is 4.58. The average Bonchev–Trinajstić information content (AvgIpc) is 3.26. The second-order valence-electron chi connectivity index (χ2n) is 8.22. The molecule has 1 saturated heterocycles. The number of carbonyl (C=O) groups is 2. The number of hydrogen-bond donors (Lipinski definition) is 2. The number of hydrogen-bond acceptors (Lipinski definition) is 3. The van der Waals surface area contributed by atoms with Gasteiger partial charge in [0.25, 0.3) is 5.91 Å². The van der Waals surface area contributed by atoms with E-state index in [1.165, 1.54) is 0 Å². The summed E-state index contributed by atoms with van der Waals surface area (Å²) in [5, 5.41) is 4.08. The van der Waals surface area contributed by atoms with Gasteiger partial charge in [0.2, 0.25) is 5.91 Å². The molecule has 0 radical (unpaired) electrons. The van der Waals surface area contributed by atoms with Gasteiger partial charge in [0.1, 0.15) is 11.4 Å².